The molecule has 0 saturated heterocycles. The van der Waals surface area contributed by atoms with Crippen molar-refractivity contribution in [2.45, 2.75) is 65.3 Å². The maximum absolute atomic E-state index is 12.9. The minimum absolute atomic E-state index is 0.137. The average Bonchev–Trinajstić information content (AvgIpc) is 2.60. The number of benzene rings is 1. The summed E-state index contributed by atoms with van der Waals surface area (Å²) in [4.78, 5) is 24.7. The van der Waals surface area contributed by atoms with Gasteiger partial charge in [0.15, 0.2) is 0 Å². The number of alkyl halides is 3. The van der Waals surface area contributed by atoms with Gasteiger partial charge in [0.25, 0.3) is 0 Å². The SMILES string of the molecule is CSC[C@@H](c1ccc(C(F)(F)F)cc1)[C@@H](COC(=O)C(C)(C)C)NC(=O)OC(C)(C)C. The molecule has 31 heavy (non-hydrogen) atoms. The van der Waals surface area contributed by atoms with Crippen LogP contribution in [0.3, 0.4) is 0 Å². The van der Waals surface area contributed by atoms with E-state index < -0.39 is 46.8 Å². The molecule has 0 aliphatic heterocycles. The topological polar surface area (TPSA) is 64.6 Å². The van der Waals surface area contributed by atoms with Crippen molar-refractivity contribution in [3.8, 4) is 0 Å². The highest BCUT2D eigenvalue weighted by Gasteiger charge is 2.33. The summed E-state index contributed by atoms with van der Waals surface area (Å²) in [7, 11) is 0. The van der Waals surface area contributed by atoms with Gasteiger partial charge in [-0.2, -0.15) is 24.9 Å². The number of amides is 1. The Morgan fingerprint density at radius 3 is 2.00 bits per heavy atom. The Labute approximate surface area is 186 Å². The maximum atomic E-state index is 12.9. The van der Waals surface area contributed by atoms with Gasteiger partial charge in [-0.15, -0.1) is 0 Å². The second kappa shape index (κ2) is 10.6. The summed E-state index contributed by atoms with van der Waals surface area (Å²) < 4.78 is 49.6. The predicted molar refractivity (Wildman–Crippen MR) is 116 cm³/mol. The summed E-state index contributed by atoms with van der Waals surface area (Å²) >= 11 is 1.47. The zero-order valence-electron chi connectivity index (χ0n) is 19.1. The van der Waals surface area contributed by atoms with Crippen molar-refractivity contribution >= 4 is 23.8 Å². The summed E-state index contributed by atoms with van der Waals surface area (Å²) in [6.45, 7) is 10.1. The van der Waals surface area contributed by atoms with Crippen LogP contribution in [-0.2, 0) is 20.4 Å². The van der Waals surface area contributed by atoms with E-state index in [4.69, 9.17) is 9.47 Å². The van der Waals surface area contributed by atoms with Crippen molar-refractivity contribution in [3.63, 3.8) is 0 Å². The van der Waals surface area contributed by atoms with Crippen LogP contribution in [0.25, 0.3) is 0 Å². The van der Waals surface area contributed by atoms with Gasteiger partial charge >= 0.3 is 18.2 Å². The molecule has 0 aromatic heterocycles. The number of hydrogen-bond acceptors (Lipinski definition) is 5. The van der Waals surface area contributed by atoms with Gasteiger partial charge in [-0.05, 0) is 65.5 Å². The fourth-order valence-corrected chi connectivity index (χ4v) is 3.43. The van der Waals surface area contributed by atoms with Gasteiger partial charge in [0.1, 0.15) is 12.2 Å². The summed E-state index contributed by atoms with van der Waals surface area (Å²) in [5.41, 5.74) is -1.63. The Hall–Kier alpha value is -1.90. The molecule has 1 N–H and O–H groups in total. The highest BCUT2D eigenvalue weighted by molar-refractivity contribution is 7.98. The Balaban J connectivity index is 3.19. The highest BCUT2D eigenvalue weighted by Crippen LogP contribution is 2.32. The van der Waals surface area contributed by atoms with Gasteiger partial charge < -0.3 is 14.8 Å². The number of hydrogen-bond donors (Lipinski definition) is 1. The van der Waals surface area contributed by atoms with Crippen molar-refractivity contribution in [1.82, 2.24) is 5.32 Å². The standard InChI is InChI=1S/C22H32F3NO4S/c1-20(2,3)18(27)29-12-17(26-19(28)30-21(4,5)6)16(13-31-7)14-8-10-15(11-9-14)22(23,24)25/h8-11,16-17H,12-13H2,1-7H3,(H,26,28)/t16-,17+/m0/s1. The van der Waals surface area contributed by atoms with Crippen molar-refractivity contribution in [3.05, 3.63) is 35.4 Å². The molecule has 0 aliphatic carbocycles. The Morgan fingerprint density at radius 2 is 1.58 bits per heavy atom. The first-order valence-corrected chi connectivity index (χ1v) is 11.3. The molecule has 9 heteroatoms. The monoisotopic (exact) mass is 463 g/mol. The number of thioether (sulfide) groups is 1. The van der Waals surface area contributed by atoms with E-state index >= 15 is 0 Å². The molecule has 0 unspecified atom stereocenters. The quantitative estimate of drug-likeness (QED) is 0.531. The number of esters is 1. The molecule has 0 spiro atoms. The molecular weight excluding hydrogens is 431 g/mol. The lowest BCUT2D eigenvalue weighted by molar-refractivity contribution is -0.153. The van der Waals surface area contributed by atoms with Crippen molar-refractivity contribution in [2.24, 2.45) is 5.41 Å². The van der Waals surface area contributed by atoms with E-state index in [-0.39, 0.29) is 6.61 Å². The first-order chi connectivity index (χ1) is 14.0. The molecule has 0 saturated carbocycles. The third-order valence-electron chi connectivity index (χ3n) is 4.21. The van der Waals surface area contributed by atoms with Crippen molar-refractivity contribution in [2.75, 3.05) is 18.6 Å². The Kier molecular flexibility index (Phi) is 9.29. The maximum Gasteiger partial charge on any atom is 0.416 e. The molecule has 0 radical (unpaired) electrons. The molecule has 2 atom stereocenters. The van der Waals surface area contributed by atoms with Crippen molar-refractivity contribution < 1.29 is 32.2 Å². The summed E-state index contributed by atoms with van der Waals surface area (Å²) in [6, 6.07) is 4.10. The number of halogens is 3. The first kappa shape index (κ1) is 27.1. The second-order valence-electron chi connectivity index (χ2n) is 9.28. The number of carbonyl (C=O) groups is 2. The van der Waals surface area contributed by atoms with Gasteiger partial charge in [0.05, 0.1) is 17.0 Å². The van der Waals surface area contributed by atoms with E-state index in [2.05, 4.69) is 5.32 Å². The molecule has 1 aromatic rings. The lowest BCUT2D eigenvalue weighted by Crippen LogP contribution is -2.46. The molecule has 1 aromatic carbocycles. The van der Waals surface area contributed by atoms with E-state index in [0.29, 0.717) is 11.3 Å². The lowest BCUT2D eigenvalue weighted by Gasteiger charge is -2.30. The van der Waals surface area contributed by atoms with Crippen LogP contribution in [0.5, 0.6) is 0 Å². The molecular formula is C22H32F3NO4S. The normalized spacial score (nSPS) is 14.5. The fraction of sp³-hybridized carbons (Fsp3) is 0.636. The van der Waals surface area contributed by atoms with Crippen molar-refractivity contribution in [1.29, 1.82) is 0 Å². The third-order valence-corrected chi connectivity index (χ3v) is 4.90. The molecule has 0 fully saturated rings. The number of nitrogens with one attached hydrogen (secondary N) is 1. The lowest BCUT2D eigenvalue weighted by atomic mass is 9.92. The van der Waals surface area contributed by atoms with Gasteiger partial charge in [-0.3, -0.25) is 4.79 Å². The Bertz CT molecular complexity index is 737. The van der Waals surface area contributed by atoms with Crippen LogP contribution in [-0.4, -0.2) is 42.3 Å². The summed E-state index contributed by atoms with van der Waals surface area (Å²) in [5.74, 6) is -0.366. The minimum atomic E-state index is -4.44. The van der Waals surface area contributed by atoms with E-state index in [1.165, 1.54) is 23.9 Å². The molecule has 0 bridgehead atoms. The number of carbonyl (C=O) groups excluding carboxylic acids is 2. The zero-order valence-corrected chi connectivity index (χ0v) is 19.9. The molecule has 1 rings (SSSR count). The summed E-state index contributed by atoms with van der Waals surface area (Å²) in [6.07, 6.45) is -3.28. The third kappa shape index (κ3) is 9.41. The first-order valence-electron chi connectivity index (χ1n) is 9.87. The number of alkyl carbamates (subject to hydrolysis) is 1. The zero-order chi connectivity index (χ0) is 24.0. The van der Waals surface area contributed by atoms with Crippen LogP contribution in [0.4, 0.5) is 18.0 Å². The second-order valence-corrected chi connectivity index (χ2v) is 10.2. The average molecular weight is 464 g/mol. The fourth-order valence-electron chi connectivity index (χ4n) is 2.64. The largest absolute Gasteiger partial charge is 0.463 e. The molecule has 0 heterocycles. The van der Waals surface area contributed by atoms with E-state index in [9.17, 15) is 22.8 Å². The van der Waals surface area contributed by atoms with E-state index in [1.54, 1.807) is 41.5 Å². The predicted octanol–water partition coefficient (Wildman–Crippen LogP) is 5.63. The van der Waals surface area contributed by atoms with Crippen LogP contribution in [0.2, 0.25) is 0 Å². The van der Waals surface area contributed by atoms with Crippen LogP contribution in [0, 0.1) is 5.41 Å². The van der Waals surface area contributed by atoms with Gasteiger partial charge in [-0.1, -0.05) is 12.1 Å². The van der Waals surface area contributed by atoms with Crippen LogP contribution in [0.1, 0.15) is 58.6 Å². The number of rotatable bonds is 7. The van der Waals surface area contributed by atoms with Crippen LogP contribution < -0.4 is 5.32 Å². The minimum Gasteiger partial charge on any atom is -0.463 e. The van der Waals surface area contributed by atoms with Crippen LogP contribution in [0.15, 0.2) is 24.3 Å². The molecule has 0 aliphatic rings. The Morgan fingerprint density at radius 1 is 1.03 bits per heavy atom. The number of ether oxygens (including phenoxy) is 2. The van der Waals surface area contributed by atoms with Gasteiger partial charge in [-0.25, -0.2) is 4.79 Å². The molecule has 5 nitrogen and oxygen atoms in total. The van der Waals surface area contributed by atoms with Crippen LogP contribution >= 0.6 is 11.8 Å². The smallest absolute Gasteiger partial charge is 0.416 e. The van der Waals surface area contributed by atoms with E-state index in [0.717, 1.165) is 12.1 Å². The summed E-state index contributed by atoms with van der Waals surface area (Å²) in [5, 5.41) is 2.73. The molecule has 1 amide bonds. The molecule has 176 valence electrons. The highest BCUT2D eigenvalue weighted by atomic mass is 32.2. The van der Waals surface area contributed by atoms with Gasteiger partial charge in [0.2, 0.25) is 0 Å². The van der Waals surface area contributed by atoms with E-state index in [1.807, 2.05) is 6.26 Å². The van der Waals surface area contributed by atoms with Gasteiger partial charge in [0, 0.05) is 11.7 Å².